The molecule has 0 radical (unpaired) electrons. The molecule has 0 atom stereocenters. The van der Waals surface area contributed by atoms with Crippen molar-refractivity contribution in [2.24, 2.45) is 0 Å². The van der Waals surface area contributed by atoms with Gasteiger partial charge in [0.15, 0.2) is 0 Å². The van der Waals surface area contributed by atoms with Gasteiger partial charge in [-0.25, -0.2) is 0 Å². The zero-order valence-electron chi connectivity index (χ0n) is 12.0. The lowest BCUT2D eigenvalue weighted by Gasteiger charge is -2.07. The summed E-state index contributed by atoms with van der Waals surface area (Å²) in [4.78, 5) is 23.5. The van der Waals surface area contributed by atoms with Gasteiger partial charge in [-0.2, -0.15) is 0 Å². The molecule has 0 saturated heterocycles. The lowest BCUT2D eigenvalue weighted by Crippen LogP contribution is -2.42. The number of rotatable bonds is 5. The minimum Gasteiger partial charge on any atom is -0.272 e. The largest absolute Gasteiger partial charge is 0.272 e. The first kappa shape index (κ1) is 17.7. The van der Waals surface area contributed by atoms with Crippen LogP contribution in [0.25, 0.3) is 0 Å². The van der Waals surface area contributed by atoms with Gasteiger partial charge in [-0.1, -0.05) is 41.4 Å². The van der Waals surface area contributed by atoms with Crippen molar-refractivity contribution in [2.45, 2.75) is 5.75 Å². The molecule has 0 aliphatic carbocycles. The van der Waals surface area contributed by atoms with Crippen LogP contribution < -0.4 is 10.9 Å². The Morgan fingerprint density at radius 2 is 1.65 bits per heavy atom. The van der Waals surface area contributed by atoms with Gasteiger partial charge in [-0.05, 0) is 35.9 Å². The van der Waals surface area contributed by atoms with Gasteiger partial charge in [-0.3, -0.25) is 20.4 Å². The molecule has 2 rings (SSSR count). The summed E-state index contributed by atoms with van der Waals surface area (Å²) >= 11 is 13.1. The fraction of sp³-hybridized carbons (Fsp3) is 0.125. The first-order valence-corrected chi connectivity index (χ1v) is 8.62. The lowest BCUT2D eigenvalue weighted by atomic mass is 10.2. The van der Waals surface area contributed by atoms with Crippen LogP contribution in [0.3, 0.4) is 0 Å². The van der Waals surface area contributed by atoms with E-state index in [1.807, 2.05) is 18.2 Å². The molecule has 2 N–H and O–H groups in total. The van der Waals surface area contributed by atoms with E-state index in [-0.39, 0.29) is 11.7 Å². The standard InChI is InChI=1S/C16H14Cl2N2O2S/c17-13-5-1-3-11(7-13)9-23-10-15(21)19-20-16(22)12-4-2-6-14(18)8-12/h1-8H,9-10H2,(H,19,21)(H,20,22). The SMILES string of the molecule is O=C(CSCc1cccc(Cl)c1)NNC(=O)c1cccc(Cl)c1. The highest BCUT2D eigenvalue weighted by atomic mass is 35.5. The number of hydrogen-bond donors (Lipinski definition) is 2. The number of nitrogens with one attached hydrogen (secondary N) is 2. The summed E-state index contributed by atoms with van der Waals surface area (Å²) < 4.78 is 0. The number of carbonyl (C=O) groups is 2. The number of amides is 2. The van der Waals surface area contributed by atoms with E-state index in [0.29, 0.717) is 21.4 Å². The van der Waals surface area contributed by atoms with E-state index in [0.717, 1.165) is 5.56 Å². The van der Waals surface area contributed by atoms with Crippen molar-refractivity contribution in [3.8, 4) is 0 Å². The summed E-state index contributed by atoms with van der Waals surface area (Å²) in [5.41, 5.74) is 6.14. The zero-order chi connectivity index (χ0) is 16.7. The molecule has 23 heavy (non-hydrogen) atoms. The van der Waals surface area contributed by atoms with E-state index < -0.39 is 5.91 Å². The van der Waals surface area contributed by atoms with Crippen LogP contribution in [0.2, 0.25) is 10.0 Å². The van der Waals surface area contributed by atoms with Crippen molar-refractivity contribution in [1.82, 2.24) is 10.9 Å². The van der Waals surface area contributed by atoms with Gasteiger partial charge in [0, 0.05) is 21.4 Å². The normalized spacial score (nSPS) is 10.2. The second-order valence-electron chi connectivity index (χ2n) is 4.64. The molecule has 0 unspecified atom stereocenters. The fourth-order valence-electron chi connectivity index (χ4n) is 1.75. The Bertz CT molecular complexity index is 710. The molecule has 0 fully saturated rings. The average Bonchev–Trinajstić information content (AvgIpc) is 2.52. The molecule has 0 saturated carbocycles. The number of carbonyl (C=O) groups excluding carboxylic acids is 2. The van der Waals surface area contributed by atoms with Crippen molar-refractivity contribution in [1.29, 1.82) is 0 Å². The van der Waals surface area contributed by atoms with E-state index in [4.69, 9.17) is 23.2 Å². The Hall–Kier alpha value is -1.69. The van der Waals surface area contributed by atoms with Gasteiger partial charge < -0.3 is 0 Å². The highest BCUT2D eigenvalue weighted by Gasteiger charge is 2.08. The second kappa shape index (κ2) is 8.82. The van der Waals surface area contributed by atoms with Crippen molar-refractivity contribution >= 4 is 46.8 Å². The maximum atomic E-state index is 11.8. The Morgan fingerprint density at radius 1 is 0.957 bits per heavy atom. The van der Waals surface area contributed by atoms with Crippen LogP contribution in [0.1, 0.15) is 15.9 Å². The number of hydrogen-bond acceptors (Lipinski definition) is 3. The van der Waals surface area contributed by atoms with E-state index in [1.54, 1.807) is 24.3 Å². The first-order chi connectivity index (χ1) is 11.0. The van der Waals surface area contributed by atoms with Crippen LogP contribution in [-0.4, -0.2) is 17.6 Å². The summed E-state index contributed by atoms with van der Waals surface area (Å²) in [6.07, 6.45) is 0. The summed E-state index contributed by atoms with van der Waals surface area (Å²) in [7, 11) is 0. The summed E-state index contributed by atoms with van der Waals surface area (Å²) in [5, 5.41) is 1.13. The van der Waals surface area contributed by atoms with Crippen molar-refractivity contribution in [2.75, 3.05) is 5.75 Å². The predicted molar refractivity (Wildman–Crippen MR) is 94.7 cm³/mol. The maximum absolute atomic E-state index is 11.8. The molecule has 0 heterocycles. The molecule has 120 valence electrons. The smallest absolute Gasteiger partial charge is 0.269 e. The molecule has 4 nitrogen and oxygen atoms in total. The topological polar surface area (TPSA) is 58.2 Å². The first-order valence-electron chi connectivity index (χ1n) is 6.71. The number of halogens is 2. The molecular formula is C16H14Cl2N2O2S. The van der Waals surface area contributed by atoms with Crippen molar-refractivity contribution < 1.29 is 9.59 Å². The van der Waals surface area contributed by atoms with E-state index >= 15 is 0 Å². The minimum absolute atomic E-state index is 0.225. The molecule has 0 aromatic heterocycles. The molecular weight excluding hydrogens is 355 g/mol. The van der Waals surface area contributed by atoms with Crippen molar-refractivity contribution in [3.05, 3.63) is 69.7 Å². The van der Waals surface area contributed by atoms with Crippen LogP contribution in [0.5, 0.6) is 0 Å². The Labute approximate surface area is 148 Å². The molecule has 0 aliphatic rings. The van der Waals surface area contributed by atoms with Crippen LogP contribution in [-0.2, 0) is 10.5 Å². The Morgan fingerprint density at radius 3 is 2.35 bits per heavy atom. The van der Waals surface area contributed by atoms with Gasteiger partial charge in [0.2, 0.25) is 5.91 Å². The predicted octanol–water partition coefficient (Wildman–Crippen LogP) is 3.69. The average molecular weight is 369 g/mol. The molecule has 0 spiro atoms. The second-order valence-corrected chi connectivity index (χ2v) is 6.49. The summed E-state index contributed by atoms with van der Waals surface area (Å²) in [5.74, 6) is 0.187. The monoisotopic (exact) mass is 368 g/mol. The highest BCUT2D eigenvalue weighted by molar-refractivity contribution is 7.99. The van der Waals surface area contributed by atoms with Crippen molar-refractivity contribution in [3.63, 3.8) is 0 Å². The molecule has 0 bridgehead atoms. The summed E-state index contributed by atoms with van der Waals surface area (Å²) in [6.45, 7) is 0. The van der Waals surface area contributed by atoms with Crippen LogP contribution >= 0.6 is 35.0 Å². The number of thioether (sulfide) groups is 1. The third-order valence-electron chi connectivity index (χ3n) is 2.79. The molecule has 2 aromatic rings. The van der Waals surface area contributed by atoms with Gasteiger partial charge in [0.25, 0.3) is 5.91 Å². The number of benzene rings is 2. The molecule has 0 aliphatic heterocycles. The van der Waals surface area contributed by atoms with Gasteiger partial charge in [-0.15, -0.1) is 11.8 Å². The van der Waals surface area contributed by atoms with Gasteiger partial charge in [0.05, 0.1) is 5.75 Å². The van der Waals surface area contributed by atoms with E-state index in [1.165, 1.54) is 17.8 Å². The Balaban J connectivity index is 1.72. The highest BCUT2D eigenvalue weighted by Crippen LogP contribution is 2.16. The van der Waals surface area contributed by atoms with Crippen LogP contribution in [0.4, 0.5) is 0 Å². The summed E-state index contributed by atoms with van der Waals surface area (Å²) in [6, 6.07) is 13.9. The third kappa shape index (κ3) is 6.14. The quantitative estimate of drug-likeness (QED) is 0.791. The molecule has 2 amide bonds. The van der Waals surface area contributed by atoms with E-state index in [9.17, 15) is 9.59 Å². The molecule has 7 heteroatoms. The zero-order valence-corrected chi connectivity index (χ0v) is 14.3. The fourth-order valence-corrected chi connectivity index (χ4v) is 2.93. The Kier molecular flexibility index (Phi) is 6.77. The van der Waals surface area contributed by atoms with Gasteiger partial charge >= 0.3 is 0 Å². The third-order valence-corrected chi connectivity index (χ3v) is 4.27. The number of hydrazine groups is 1. The van der Waals surface area contributed by atoms with Crippen LogP contribution in [0.15, 0.2) is 48.5 Å². The van der Waals surface area contributed by atoms with Crippen LogP contribution in [0, 0.1) is 0 Å². The molecule has 2 aromatic carbocycles. The lowest BCUT2D eigenvalue weighted by molar-refractivity contribution is -0.119. The van der Waals surface area contributed by atoms with E-state index in [2.05, 4.69) is 10.9 Å². The minimum atomic E-state index is -0.416. The maximum Gasteiger partial charge on any atom is 0.269 e. The van der Waals surface area contributed by atoms with Gasteiger partial charge in [0.1, 0.15) is 0 Å².